The van der Waals surface area contributed by atoms with Crippen LogP contribution in [0.2, 0.25) is 10.0 Å². The molecule has 2 aliphatic heterocycles. The van der Waals surface area contributed by atoms with E-state index in [1.165, 1.54) is 30.6 Å². The fourth-order valence-electron chi connectivity index (χ4n) is 6.37. The first-order chi connectivity index (χ1) is 29.3. The number of carbonyl (C=O) groups excluding carboxylic acids is 2. The molecule has 0 aliphatic carbocycles. The number of aliphatic hydroxyl groups is 2. The molecule has 2 aliphatic rings. The van der Waals surface area contributed by atoms with Crippen molar-refractivity contribution >= 4 is 88.8 Å². The third-order valence-electron chi connectivity index (χ3n) is 9.83. The van der Waals surface area contributed by atoms with E-state index < -0.39 is 109 Å². The highest BCUT2D eigenvalue weighted by atomic mass is 35.5. The van der Waals surface area contributed by atoms with Crippen LogP contribution in [0.25, 0.3) is 11.0 Å². The normalized spacial score (nSPS) is 19.2. The van der Waals surface area contributed by atoms with E-state index in [9.17, 15) is 63.0 Å². The zero-order valence-corrected chi connectivity index (χ0v) is 35.1. The van der Waals surface area contributed by atoms with Gasteiger partial charge in [-0.3, -0.25) is 9.59 Å². The Morgan fingerprint density at radius 1 is 0.730 bits per heavy atom. The predicted molar refractivity (Wildman–Crippen MR) is 219 cm³/mol. The number of nitrogens with two attached hydrogens (primary N) is 2. The van der Waals surface area contributed by atoms with E-state index in [2.05, 4.69) is 20.6 Å². The number of nitrogen functional groups attached to an aromatic ring is 2. The summed E-state index contributed by atoms with van der Waals surface area (Å²) >= 11 is 11.4. The van der Waals surface area contributed by atoms with Crippen LogP contribution in [0, 0.1) is 11.6 Å². The number of imidazole rings is 1. The molecule has 0 bridgehead atoms. The smallest absolute Gasteiger partial charge is 0.286 e. The monoisotopic (exact) mass is 966 g/mol. The number of piperidine rings is 2. The molecule has 2 fully saturated rings. The number of rotatable bonds is 8. The maximum atomic E-state index is 14.0. The summed E-state index contributed by atoms with van der Waals surface area (Å²) in [7, 11) is -9.05. The van der Waals surface area contributed by atoms with Crippen molar-refractivity contribution in [2.75, 3.05) is 48.3 Å². The molecule has 338 valence electrons. The molecule has 2 unspecified atom stereocenters. The summed E-state index contributed by atoms with van der Waals surface area (Å²) in [5, 5.41) is 23.2. The average Bonchev–Trinajstić information content (AvgIpc) is 3.69. The lowest BCUT2D eigenvalue weighted by molar-refractivity contribution is -0.136. The van der Waals surface area contributed by atoms with E-state index in [-0.39, 0.29) is 62.4 Å². The number of amides is 2. The number of hydrogen-bond donors (Lipinski definition) is 7. The van der Waals surface area contributed by atoms with Crippen LogP contribution in [0.1, 0.15) is 33.6 Å². The number of sulfonamides is 2. The van der Waals surface area contributed by atoms with Gasteiger partial charge in [-0.25, -0.2) is 48.2 Å². The largest absolute Gasteiger partial charge is 0.397 e. The summed E-state index contributed by atoms with van der Waals surface area (Å²) in [6.07, 6.45) is -3.63. The number of nitrogens with one attached hydrogen (secondary N) is 3. The topological polar surface area (TPSA) is 254 Å². The molecule has 3 heterocycles. The van der Waals surface area contributed by atoms with Crippen molar-refractivity contribution in [3.8, 4) is 0 Å². The molecule has 2 saturated heterocycles. The molecule has 1 aromatic heterocycles. The van der Waals surface area contributed by atoms with Crippen LogP contribution >= 0.6 is 23.2 Å². The van der Waals surface area contributed by atoms with Gasteiger partial charge in [-0.2, -0.15) is 8.61 Å². The summed E-state index contributed by atoms with van der Waals surface area (Å²) in [6, 6.07) is 11.3. The first kappa shape index (κ1) is 47.3. The molecule has 0 radical (unpaired) electrons. The molecule has 0 saturated carbocycles. The fourth-order valence-corrected chi connectivity index (χ4v) is 10.0. The third-order valence-corrected chi connectivity index (χ3v) is 14.2. The Balaban J connectivity index is 0.000000210. The van der Waals surface area contributed by atoms with Gasteiger partial charge in [0.15, 0.2) is 0 Å². The number of alkyl halides is 4. The SMILES string of the molecule is Nc1cc(C(=O)Nc2ccc(F)c(Cl)c2)cc(S(=O)(=O)N2CCC(O)C(F)(F)C2)c1N.O=C(Nc1ccc(F)c(Cl)c1)c1cc(S(=O)(=O)N2CCC(O)C(F)(F)C2)c2nc[nH]c2c1. The highest BCUT2D eigenvalue weighted by Crippen LogP contribution is 2.36. The minimum absolute atomic E-state index is 0.0270. The number of halogens is 8. The van der Waals surface area contributed by atoms with Crippen LogP contribution in [0.5, 0.6) is 0 Å². The van der Waals surface area contributed by atoms with Crippen molar-refractivity contribution in [2.24, 2.45) is 0 Å². The molecule has 9 N–H and O–H groups in total. The second-order valence-electron chi connectivity index (χ2n) is 14.2. The van der Waals surface area contributed by atoms with E-state index in [0.717, 1.165) is 36.4 Å². The second kappa shape index (κ2) is 17.8. The number of fused-ring (bicyclic) bond motifs is 1. The van der Waals surface area contributed by atoms with Gasteiger partial charge in [-0.15, -0.1) is 0 Å². The first-order valence-electron chi connectivity index (χ1n) is 18.1. The van der Waals surface area contributed by atoms with Gasteiger partial charge in [0.25, 0.3) is 23.7 Å². The number of hydrogen-bond acceptors (Lipinski definition) is 11. The van der Waals surface area contributed by atoms with Gasteiger partial charge in [0, 0.05) is 35.6 Å². The standard InChI is InChI=1S/C19H16ClF3N4O4S.C18H18ClF3N4O4S/c20-12-7-11(1-2-13(12)21)26-18(29)10-5-14-17(25-9-24-14)15(6-10)32(30,31)27-4-3-16(28)19(22,23)8-27;19-11-7-10(1-2-12(11)20)25-17(28)9-5-13(23)16(24)14(6-9)31(29,30)26-4-3-15(27)18(21,22)8-26/h1-2,5-7,9,16,28H,3-4,8H2,(H,24,25)(H,26,29);1-2,5-7,15,27H,3-4,8,23-24H2,(H,25,28). The number of aromatic nitrogens is 2. The highest BCUT2D eigenvalue weighted by molar-refractivity contribution is 7.89. The zero-order chi connectivity index (χ0) is 46.4. The first-order valence-corrected chi connectivity index (χ1v) is 21.8. The third kappa shape index (κ3) is 9.97. The molecular formula is C37H34Cl2F6N8O8S2. The van der Waals surface area contributed by atoms with E-state index in [4.69, 9.17) is 34.7 Å². The number of aliphatic hydroxyl groups excluding tert-OH is 2. The van der Waals surface area contributed by atoms with Gasteiger partial charge in [0.2, 0.25) is 20.0 Å². The van der Waals surface area contributed by atoms with Gasteiger partial charge >= 0.3 is 0 Å². The Morgan fingerprint density at radius 3 is 1.63 bits per heavy atom. The number of benzene rings is 4. The summed E-state index contributed by atoms with van der Waals surface area (Å²) in [4.78, 5) is 30.9. The van der Waals surface area contributed by atoms with Crippen LogP contribution in [0.4, 0.5) is 49.1 Å². The quantitative estimate of drug-likeness (QED) is 0.0778. The zero-order valence-electron chi connectivity index (χ0n) is 31.9. The Hall–Kier alpha value is -5.21. The average molecular weight is 968 g/mol. The highest BCUT2D eigenvalue weighted by Gasteiger charge is 2.49. The molecule has 5 aromatic rings. The molecule has 7 rings (SSSR count). The van der Waals surface area contributed by atoms with Crippen molar-refractivity contribution in [1.82, 2.24) is 18.6 Å². The number of nitrogens with zero attached hydrogens (tertiary/aromatic N) is 3. The van der Waals surface area contributed by atoms with Crippen LogP contribution < -0.4 is 22.1 Å². The molecular weight excluding hydrogens is 933 g/mol. The van der Waals surface area contributed by atoms with Crippen LogP contribution in [0.15, 0.2) is 76.8 Å². The minimum atomic E-state index is -4.56. The molecule has 26 heteroatoms. The van der Waals surface area contributed by atoms with Gasteiger partial charge in [-0.05, 0) is 73.5 Å². The summed E-state index contributed by atoms with van der Waals surface area (Å²) in [5.41, 5.74) is 11.0. The van der Waals surface area contributed by atoms with Gasteiger partial charge < -0.3 is 37.3 Å². The van der Waals surface area contributed by atoms with E-state index in [1.54, 1.807) is 0 Å². The molecule has 2 atom stereocenters. The maximum absolute atomic E-state index is 14.0. The lowest BCUT2D eigenvalue weighted by Gasteiger charge is -2.35. The van der Waals surface area contributed by atoms with E-state index in [0.29, 0.717) is 8.61 Å². The second-order valence-corrected chi connectivity index (χ2v) is 18.9. The van der Waals surface area contributed by atoms with Crippen LogP contribution in [0.3, 0.4) is 0 Å². The number of aromatic amines is 1. The Labute approximate surface area is 363 Å². The summed E-state index contributed by atoms with van der Waals surface area (Å²) in [6.45, 7) is -3.15. The van der Waals surface area contributed by atoms with Crippen molar-refractivity contribution in [2.45, 2.75) is 46.7 Å². The van der Waals surface area contributed by atoms with Gasteiger partial charge in [0.1, 0.15) is 39.2 Å². The Morgan fingerprint density at radius 2 is 1.17 bits per heavy atom. The fraction of sp³-hybridized carbons (Fsp3) is 0.270. The molecule has 16 nitrogen and oxygen atoms in total. The summed E-state index contributed by atoms with van der Waals surface area (Å²) < 4.78 is 136. The molecule has 0 spiro atoms. The van der Waals surface area contributed by atoms with Crippen molar-refractivity contribution in [3.63, 3.8) is 0 Å². The van der Waals surface area contributed by atoms with Crippen molar-refractivity contribution in [1.29, 1.82) is 0 Å². The number of anilines is 4. The van der Waals surface area contributed by atoms with Crippen LogP contribution in [-0.4, -0.2) is 108 Å². The van der Waals surface area contributed by atoms with Gasteiger partial charge in [0.05, 0.1) is 46.4 Å². The lowest BCUT2D eigenvalue weighted by Crippen LogP contribution is -2.53. The predicted octanol–water partition coefficient (Wildman–Crippen LogP) is 5.28. The maximum Gasteiger partial charge on any atom is 0.286 e. The van der Waals surface area contributed by atoms with E-state index >= 15 is 0 Å². The van der Waals surface area contributed by atoms with E-state index in [1.807, 2.05) is 0 Å². The Kier molecular flexibility index (Phi) is 13.3. The minimum Gasteiger partial charge on any atom is -0.397 e. The molecule has 4 aromatic carbocycles. The Bertz CT molecular complexity index is 2840. The number of H-pyrrole nitrogens is 1. The number of carbonyl (C=O) groups is 2. The summed E-state index contributed by atoms with van der Waals surface area (Å²) in [5.74, 6) is -10.2. The van der Waals surface area contributed by atoms with Crippen molar-refractivity contribution in [3.05, 3.63) is 99.8 Å². The van der Waals surface area contributed by atoms with Crippen molar-refractivity contribution < 1.29 is 63.0 Å². The van der Waals surface area contributed by atoms with Gasteiger partial charge in [-0.1, -0.05) is 23.2 Å². The lowest BCUT2D eigenvalue weighted by atomic mass is 10.1. The molecule has 63 heavy (non-hydrogen) atoms. The molecule has 2 amide bonds. The van der Waals surface area contributed by atoms with Crippen LogP contribution in [-0.2, 0) is 20.0 Å².